The van der Waals surface area contributed by atoms with Crippen molar-refractivity contribution < 1.29 is 25.0 Å². The van der Waals surface area contributed by atoms with Crippen LogP contribution in [0.15, 0.2) is 76.2 Å². The molecule has 0 spiro atoms. The van der Waals surface area contributed by atoms with Crippen LogP contribution < -0.4 is 16.0 Å². The average molecular weight is 813 g/mol. The summed E-state index contributed by atoms with van der Waals surface area (Å²) < 4.78 is 9.78. The lowest BCUT2D eigenvalue weighted by atomic mass is 9.51. The summed E-state index contributed by atoms with van der Waals surface area (Å²) in [6, 6.07) is 7.87. The molecule has 13 nitrogen and oxygen atoms in total. The molecule has 8 N–H and O–H groups in total. The molecule has 0 radical (unpaired) electrons. The SMILES string of the molecule is CCC1(Cn2ncc(C3=CC=C(N4CCC/C(=C(C)/C(N)=N\c5nc6ccccc6s5)C4=N)NC3=C(O)O)c2C)CC2CC(C)(OCC[NH+](C)CCO)C[C@@](C)(C2)C1. The van der Waals surface area contributed by atoms with Crippen molar-refractivity contribution in [3.8, 4) is 0 Å². The van der Waals surface area contributed by atoms with E-state index in [4.69, 9.17) is 15.6 Å². The number of aliphatic hydroxyl groups excluding tert-OH is 2. The van der Waals surface area contributed by atoms with Gasteiger partial charge in [0, 0.05) is 35.5 Å². The molecular formula is C44H62N9O4S+. The van der Waals surface area contributed by atoms with Crippen LogP contribution in [-0.2, 0) is 11.3 Å². The summed E-state index contributed by atoms with van der Waals surface area (Å²) in [5.41, 5.74) is 11.6. The zero-order valence-corrected chi connectivity index (χ0v) is 35.8. The Hall–Kier alpha value is -4.50. The van der Waals surface area contributed by atoms with Crippen molar-refractivity contribution in [2.24, 2.45) is 27.5 Å². The first-order chi connectivity index (χ1) is 27.6. The topological polar surface area (TPSA) is 183 Å². The van der Waals surface area contributed by atoms with E-state index in [1.165, 1.54) is 22.7 Å². The highest BCUT2D eigenvalue weighted by Crippen LogP contribution is 2.60. The highest BCUT2D eigenvalue weighted by Gasteiger charge is 2.53. The highest BCUT2D eigenvalue weighted by molar-refractivity contribution is 7.22. The first-order valence-corrected chi connectivity index (χ1v) is 21.6. The number of allylic oxidation sites excluding steroid dienone is 3. The number of dihydropyridines is 1. The molecule has 3 fully saturated rings. The van der Waals surface area contributed by atoms with Gasteiger partial charge in [-0.1, -0.05) is 37.3 Å². The van der Waals surface area contributed by atoms with Crippen LogP contribution >= 0.6 is 11.3 Å². The number of nitrogens with zero attached hydrogens (tertiary/aromatic N) is 5. The van der Waals surface area contributed by atoms with Crippen LogP contribution in [0.25, 0.3) is 15.8 Å². The zero-order valence-electron chi connectivity index (χ0n) is 35.0. The molecule has 2 saturated carbocycles. The summed E-state index contributed by atoms with van der Waals surface area (Å²) in [4.78, 5) is 12.3. The minimum atomic E-state index is -0.823. The van der Waals surface area contributed by atoms with Crippen molar-refractivity contribution in [1.29, 1.82) is 5.41 Å². The second-order valence-electron chi connectivity index (χ2n) is 17.9. The molecule has 14 heteroatoms. The van der Waals surface area contributed by atoms with Gasteiger partial charge in [0.25, 0.3) is 5.95 Å². The van der Waals surface area contributed by atoms with Crippen LogP contribution in [0.5, 0.6) is 0 Å². The van der Waals surface area contributed by atoms with Crippen LogP contribution in [0.3, 0.4) is 0 Å². The standard InChI is InChI=1S/C44H61N9O4S/c1-7-44(23-30-21-42(4,26-44)25-43(5,22-30)57-20-18-51(6)17-19-54)27-53-29(3)33(24-47-53)32-14-15-36(49-37(32)40(55)56)52-16-10-11-31(39(52)46)28(2)38(45)50-41-48-34-12-8-9-13-35(34)58-41/h8-9,12-15,24,30,46,49,54-56H,7,10-11,16-23,25-27H2,1-6H3,(H2,45,48,50)/p+1/b31-28-,46-39?/t30?,42-,43?,44?/m1/s1. The number of amidine groups is 2. The molecular weight excluding hydrogens is 751 g/mol. The number of likely N-dealkylation sites (tertiary alicyclic amines) is 1. The molecule has 2 bridgehead atoms. The van der Waals surface area contributed by atoms with Gasteiger partial charge in [-0.05, 0) is 119 Å². The summed E-state index contributed by atoms with van der Waals surface area (Å²) in [6.07, 6.45) is 13.7. The fraction of sp³-hybridized carbons (Fsp3) is 0.545. The predicted molar refractivity (Wildman–Crippen MR) is 231 cm³/mol. The van der Waals surface area contributed by atoms with Gasteiger partial charge in [0.15, 0.2) is 0 Å². The Morgan fingerprint density at radius 1 is 1.16 bits per heavy atom. The second-order valence-corrected chi connectivity index (χ2v) is 18.9. The van der Waals surface area contributed by atoms with Gasteiger partial charge in [-0.3, -0.25) is 10.1 Å². The average Bonchev–Trinajstić information content (AvgIpc) is 3.75. The zero-order chi connectivity index (χ0) is 41.4. The largest absolute Gasteiger partial charge is 0.480 e. The Kier molecular flexibility index (Phi) is 11.9. The number of hydrogen-bond acceptors (Lipinski definition) is 10. The van der Waals surface area contributed by atoms with Gasteiger partial charge in [-0.2, -0.15) is 5.10 Å². The number of para-hydroxylation sites is 1. The summed E-state index contributed by atoms with van der Waals surface area (Å²) in [6.45, 7) is 14.9. The number of nitrogens with one attached hydrogen (secondary N) is 3. The molecule has 1 aromatic carbocycles. The normalized spacial score (nSPS) is 27.9. The number of nitrogens with two attached hydrogens (primary N) is 1. The van der Waals surface area contributed by atoms with E-state index in [9.17, 15) is 20.7 Å². The van der Waals surface area contributed by atoms with Crippen LogP contribution in [-0.4, -0.2) is 92.2 Å². The molecule has 7 rings (SSSR count). The lowest BCUT2D eigenvalue weighted by Crippen LogP contribution is -3.10. The molecule has 2 aliphatic carbocycles. The number of rotatable bonds is 13. The molecule has 2 aromatic heterocycles. The maximum absolute atomic E-state index is 10.6. The summed E-state index contributed by atoms with van der Waals surface area (Å²) >= 11 is 1.47. The third-order valence-electron chi connectivity index (χ3n) is 13.1. The van der Waals surface area contributed by atoms with Gasteiger partial charge in [0.2, 0.25) is 5.13 Å². The Labute approximate surface area is 346 Å². The van der Waals surface area contributed by atoms with Crippen molar-refractivity contribution >= 4 is 43.9 Å². The second kappa shape index (κ2) is 16.6. The van der Waals surface area contributed by atoms with Gasteiger partial charge in [-0.25, -0.2) is 9.98 Å². The number of benzene rings is 1. The van der Waals surface area contributed by atoms with Gasteiger partial charge >= 0.3 is 0 Å². The Balaban J connectivity index is 1.08. The van der Waals surface area contributed by atoms with Crippen molar-refractivity contribution in [2.45, 2.75) is 98.1 Å². The maximum Gasteiger partial charge on any atom is 0.299 e. The number of fused-ring (bicyclic) bond motifs is 3. The van der Waals surface area contributed by atoms with Crippen LogP contribution in [0.1, 0.15) is 90.3 Å². The van der Waals surface area contributed by atoms with Crippen molar-refractivity contribution in [1.82, 2.24) is 25.0 Å². The van der Waals surface area contributed by atoms with Gasteiger partial charge in [0.1, 0.15) is 36.3 Å². The minimum absolute atomic E-state index is 0.0864. The van der Waals surface area contributed by atoms with Crippen LogP contribution in [0.2, 0.25) is 0 Å². The fourth-order valence-corrected chi connectivity index (χ4v) is 11.4. The molecule has 1 saturated heterocycles. The number of thiazole rings is 1. The molecule has 4 aliphatic rings. The fourth-order valence-electron chi connectivity index (χ4n) is 10.6. The van der Waals surface area contributed by atoms with E-state index in [2.05, 4.69) is 54.7 Å². The number of quaternary nitrogens is 1. The number of piperidine rings is 1. The first-order valence-electron chi connectivity index (χ1n) is 20.8. The van der Waals surface area contributed by atoms with Crippen molar-refractivity contribution in [3.63, 3.8) is 0 Å². The number of aliphatic hydroxyl groups is 3. The Bertz CT molecular complexity index is 2160. The minimum Gasteiger partial charge on any atom is -0.480 e. The number of hydrogen-bond donors (Lipinski definition) is 7. The summed E-state index contributed by atoms with van der Waals surface area (Å²) in [5.74, 6) is 0.934. The molecule has 4 heterocycles. The van der Waals surface area contributed by atoms with Gasteiger partial charge in [0.05, 0.1) is 42.3 Å². The molecule has 3 aromatic rings. The third kappa shape index (κ3) is 8.61. The molecule has 58 heavy (non-hydrogen) atoms. The van der Waals surface area contributed by atoms with Crippen LogP contribution in [0.4, 0.5) is 5.13 Å². The molecule has 4 unspecified atom stereocenters. The van der Waals surface area contributed by atoms with E-state index < -0.39 is 5.95 Å². The quantitative estimate of drug-likeness (QED) is 0.0595. The molecule has 0 amide bonds. The lowest BCUT2D eigenvalue weighted by Gasteiger charge is -2.57. The van der Waals surface area contributed by atoms with E-state index in [0.29, 0.717) is 47.9 Å². The van der Waals surface area contributed by atoms with Gasteiger partial charge < -0.3 is 40.9 Å². The summed E-state index contributed by atoms with van der Waals surface area (Å²) in [7, 11) is 2.11. The molecule has 312 valence electrons. The molecule has 5 atom stereocenters. The highest BCUT2D eigenvalue weighted by atomic mass is 32.1. The van der Waals surface area contributed by atoms with Crippen molar-refractivity contribution in [2.75, 3.05) is 39.9 Å². The van der Waals surface area contributed by atoms with Gasteiger partial charge in [-0.15, -0.1) is 0 Å². The first kappa shape index (κ1) is 41.7. The summed E-state index contributed by atoms with van der Waals surface area (Å²) in [5, 5.41) is 48.6. The van der Waals surface area contributed by atoms with E-state index in [1.807, 2.05) is 54.4 Å². The lowest BCUT2D eigenvalue weighted by molar-refractivity contribution is -0.880. The smallest absolute Gasteiger partial charge is 0.299 e. The number of aromatic nitrogens is 3. The van der Waals surface area contributed by atoms with E-state index in [-0.39, 0.29) is 34.6 Å². The van der Waals surface area contributed by atoms with E-state index >= 15 is 0 Å². The predicted octanol–water partition coefficient (Wildman–Crippen LogP) is 6.27. The number of likely N-dealkylation sites (N-methyl/N-ethyl adjacent to an activating group) is 1. The third-order valence-corrected chi connectivity index (χ3v) is 14.0. The van der Waals surface area contributed by atoms with E-state index in [0.717, 1.165) is 90.8 Å². The molecule has 2 aliphatic heterocycles. The maximum atomic E-state index is 10.6. The number of aliphatic imine (C=N–C) groups is 1. The Morgan fingerprint density at radius 3 is 2.67 bits per heavy atom. The van der Waals surface area contributed by atoms with E-state index in [1.54, 1.807) is 0 Å². The Morgan fingerprint density at radius 2 is 1.95 bits per heavy atom. The number of ether oxygens (including phenoxy) is 1. The van der Waals surface area contributed by atoms with Crippen LogP contribution in [0, 0.1) is 29.1 Å². The monoisotopic (exact) mass is 812 g/mol. The van der Waals surface area contributed by atoms with Crippen molar-refractivity contribution in [3.05, 3.63) is 82.5 Å².